The summed E-state index contributed by atoms with van der Waals surface area (Å²) >= 11 is 0. The Morgan fingerprint density at radius 1 is 0.562 bits per heavy atom. The summed E-state index contributed by atoms with van der Waals surface area (Å²) in [5, 5.41) is 0. The van der Waals surface area contributed by atoms with Crippen LogP contribution in [0.1, 0.15) is 52.6 Å². The van der Waals surface area contributed by atoms with E-state index in [9.17, 15) is 19.2 Å². The summed E-state index contributed by atoms with van der Waals surface area (Å²) in [4.78, 5) is 43.5. The molecule has 4 nitrogen and oxygen atoms in total. The molecule has 1 aromatic carbocycles. The van der Waals surface area contributed by atoms with Crippen LogP contribution in [-0.4, -0.2) is 25.1 Å². The van der Waals surface area contributed by atoms with Crippen molar-refractivity contribution in [1.82, 2.24) is 0 Å². The van der Waals surface area contributed by atoms with Gasteiger partial charge >= 0.3 is 0 Å². The summed E-state index contributed by atoms with van der Waals surface area (Å²) in [6.07, 6.45) is 1.89. The molecule has 0 unspecified atom stereocenters. The number of hydrogen-bond donors (Lipinski definition) is 0. The van der Waals surface area contributed by atoms with Crippen molar-refractivity contribution in [2.75, 3.05) is 0 Å². The Hall–Kier alpha value is -2.10. The lowest BCUT2D eigenvalue weighted by Gasteiger charge is -2.12. The maximum absolute atomic E-state index is 10.9. The predicted molar refractivity (Wildman–Crippen MR) is 57.5 cm³/mol. The van der Waals surface area contributed by atoms with Crippen molar-refractivity contribution in [3.05, 3.63) is 33.4 Å². The Bertz CT molecular complexity index is 442. The van der Waals surface area contributed by atoms with Crippen LogP contribution in [-0.2, 0) is 0 Å². The third-order valence-electron chi connectivity index (χ3n) is 2.71. The highest BCUT2D eigenvalue weighted by atomic mass is 16.1. The fourth-order valence-electron chi connectivity index (χ4n) is 1.66. The molecule has 0 saturated carbocycles. The zero-order valence-corrected chi connectivity index (χ0v) is 8.94. The SMILES string of the molecule is Cc1c(C)c(C=O)c(C=O)c(C=O)c1C=O. The Morgan fingerprint density at radius 3 is 1.00 bits per heavy atom. The van der Waals surface area contributed by atoms with Crippen molar-refractivity contribution in [2.24, 2.45) is 0 Å². The first kappa shape index (κ1) is 12.0. The fraction of sp³-hybridized carbons (Fsp3) is 0.167. The summed E-state index contributed by atoms with van der Waals surface area (Å²) < 4.78 is 0. The Labute approximate surface area is 92.3 Å². The van der Waals surface area contributed by atoms with Gasteiger partial charge in [0.1, 0.15) is 0 Å². The van der Waals surface area contributed by atoms with Gasteiger partial charge in [0.25, 0.3) is 0 Å². The summed E-state index contributed by atoms with van der Waals surface area (Å²) in [6, 6.07) is 0. The van der Waals surface area contributed by atoms with Gasteiger partial charge in [-0.3, -0.25) is 19.2 Å². The summed E-state index contributed by atoms with van der Waals surface area (Å²) in [7, 11) is 0. The lowest BCUT2D eigenvalue weighted by atomic mass is 9.89. The fourth-order valence-corrected chi connectivity index (χ4v) is 1.66. The van der Waals surface area contributed by atoms with Crippen LogP contribution in [0.2, 0.25) is 0 Å². The third kappa shape index (κ3) is 1.58. The smallest absolute Gasteiger partial charge is 0.151 e. The van der Waals surface area contributed by atoms with Gasteiger partial charge in [-0.2, -0.15) is 0 Å². The van der Waals surface area contributed by atoms with Crippen LogP contribution in [0.4, 0.5) is 0 Å². The van der Waals surface area contributed by atoms with Crippen molar-refractivity contribution < 1.29 is 19.2 Å². The molecule has 0 radical (unpaired) electrons. The molecule has 0 saturated heterocycles. The number of carbonyl (C=O) groups is 4. The monoisotopic (exact) mass is 218 g/mol. The van der Waals surface area contributed by atoms with Crippen molar-refractivity contribution in [3.8, 4) is 0 Å². The number of aldehydes is 4. The normalized spacial score (nSPS) is 9.62. The van der Waals surface area contributed by atoms with E-state index >= 15 is 0 Å². The molecule has 16 heavy (non-hydrogen) atoms. The molecule has 0 heterocycles. The van der Waals surface area contributed by atoms with Gasteiger partial charge in [0.05, 0.1) is 0 Å². The lowest BCUT2D eigenvalue weighted by Crippen LogP contribution is -2.08. The van der Waals surface area contributed by atoms with Crippen molar-refractivity contribution >= 4 is 25.1 Å². The second-order valence-corrected chi connectivity index (χ2v) is 3.38. The molecule has 0 bridgehead atoms. The van der Waals surface area contributed by atoms with Gasteiger partial charge in [0, 0.05) is 22.3 Å². The minimum absolute atomic E-state index is 0.0183. The van der Waals surface area contributed by atoms with E-state index in [0.29, 0.717) is 36.3 Å². The largest absolute Gasteiger partial charge is 0.298 e. The molecule has 4 heteroatoms. The van der Waals surface area contributed by atoms with Gasteiger partial charge in [-0.1, -0.05) is 0 Å². The molecule has 0 amide bonds. The Kier molecular flexibility index (Phi) is 3.45. The maximum atomic E-state index is 10.9. The van der Waals surface area contributed by atoms with Crippen molar-refractivity contribution in [1.29, 1.82) is 0 Å². The molecule has 1 rings (SSSR count). The van der Waals surface area contributed by atoms with Gasteiger partial charge in [-0.15, -0.1) is 0 Å². The average molecular weight is 218 g/mol. The highest BCUT2D eigenvalue weighted by Gasteiger charge is 2.18. The molecular formula is C12H10O4. The first-order chi connectivity index (χ1) is 7.62. The maximum Gasteiger partial charge on any atom is 0.151 e. The van der Waals surface area contributed by atoms with Crippen LogP contribution in [0.5, 0.6) is 0 Å². The molecule has 0 spiro atoms. The molecule has 0 aliphatic rings. The molecule has 0 aromatic heterocycles. The topological polar surface area (TPSA) is 68.3 Å². The quantitative estimate of drug-likeness (QED) is 0.719. The summed E-state index contributed by atoms with van der Waals surface area (Å²) in [6.45, 7) is 3.27. The van der Waals surface area contributed by atoms with E-state index in [1.54, 1.807) is 13.8 Å². The molecular weight excluding hydrogens is 208 g/mol. The van der Waals surface area contributed by atoms with Crippen LogP contribution in [0, 0.1) is 13.8 Å². The number of benzene rings is 1. The van der Waals surface area contributed by atoms with E-state index in [2.05, 4.69) is 0 Å². The van der Waals surface area contributed by atoms with Crippen molar-refractivity contribution in [3.63, 3.8) is 0 Å². The summed E-state index contributed by atoms with van der Waals surface area (Å²) in [5.74, 6) is 0. The number of hydrogen-bond acceptors (Lipinski definition) is 4. The minimum Gasteiger partial charge on any atom is -0.298 e. The van der Waals surface area contributed by atoms with E-state index in [4.69, 9.17) is 0 Å². The van der Waals surface area contributed by atoms with Crippen LogP contribution >= 0.6 is 0 Å². The first-order valence-electron chi connectivity index (χ1n) is 4.60. The van der Waals surface area contributed by atoms with Gasteiger partial charge in [0.2, 0.25) is 0 Å². The lowest BCUT2D eigenvalue weighted by molar-refractivity contribution is 0.107. The van der Waals surface area contributed by atoms with E-state index in [-0.39, 0.29) is 22.3 Å². The second-order valence-electron chi connectivity index (χ2n) is 3.38. The van der Waals surface area contributed by atoms with Crippen molar-refractivity contribution in [2.45, 2.75) is 13.8 Å². The van der Waals surface area contributed by atoms with Crippen LogP contribution < -0.4 is 0 Å². The van der Waals surface area contributed by atoms with Gasteiger partial charge in [0.15, 0.2) is 25.1 Å². The molecule has 0 aliphatic heterocycles. The Balaban J connectivity index is 3.89. The van der Waals surface area contributed by atoms with E-state index in [1.165, 1.54) is 0 Å². The van der Waals surface area contributed by atoms with Gasteiger partial charge in [-0.05, 0) is 25.0 Å². The highest BCUT2D eigenvalue weighted by Crippen LogP contribution is 2.23. The number of rotatable bonds is 4. The van der Waals surface area contributed by atoms with Crippen LogP contribution in [0.15, 0.2) is 0 Å². The number of carbonyl (C=O) groups excluding carboxylic acids is 4. The van der Waals surface area contributed by atoms with Gasteiger partial charge in [-0.25, -0.2) is 0 Å². The molecule has 0 fully saturated rings. The third-order valence-corrected chi connectivity index (χ3v) is 2.71. The first-order valence-corrected chi connectivity index (χ1v) is 4.60. The van der Waals surface area contributed by atoms with Gasteiger partial charge < -0.3 is 0 Å². The molecule has 0 N–H and O–H groups in total. The molecule has 0 aliphatic carbocycles. The molecule has 82 valence electrons. The minimum atomic E-state index is -0.0183. The highest BCUT2D eigenvalue weighted by molar-refractivity contribution is 6.05. The Morgan fingerprint density at radius 2 is 0.812 bits per heavy atom. The molecule has 1 aromatic rings. The van der Waals surface area contributed by atoms with E-state index in [0.717, 1.165) is 0 Å². The standard InChI is InChI=1S/C12H10O4/c1-7-8(2)10(4-14)12(6-16)11(5-15)9(7)3-13/h3-6H,1-2H3. The second kappa shape index (κ2) is 4.61. The summed E-state index contributed by atoms with van der Waals surface area (Å²) in [5.41, 5.74) is 1.39. The predicted octanol–water partition coefficient (Wildman–Crippen LogP) is 1.55. The zero-order valence-electron chi connectivity index (χ0n) is 8.94. The van der Waals surface area contributed by atoms with E-state index < -0.39 is 0 Å². The van der Waals surface area contributed by atoms with Crippen LogP contribution in [0.3, 0.4) is 0 Å². The molecule has 0 atom stereocenters. The van der Waals surface area contributed by atoms with E-state index in [1.807, 2.05) is 0 Å². The zero-order chi connectivity index (χ0) is 12.3. The average Bonchev–Trinajstić information content (AvgIpc) is 2.31. The van der Waals surface area contributed by atoms with Crippen LogP contribution in [0.25, 0.3) is 0 Å².